The van der Waals surface area contributed by atoms with Crippen LogP contribution in [-0.4, -0.2) is 63.8 Å². The average molecular weight is 498 g/mol. The standard InChI is InChI=1S/C24H35NO10/c1-7-31-23(28)34-19-10-9-17(14-20(19)35-24(29)32-8-2)13-18(22(27)30-6)25-11-12-33-21(26)16(5)15(3)4/h9-10,14-16,18,25H,7-8,11-13H2,1-6H3/t16?,18-/m0/s1. The summed E-state index contributed by atoms with van der Waals surface area (Å²) in [5.41, 5.74) is 0.564. The molecule has 35 heavy (non-hydrogen) atoms. The van der Waals surface area contributed by atoms with Crippen molar-refractivity contribution in [1.82, 2.24) is 5.32 Å². The molecule has 1 aromatic carbocycles. The molecule has 0 aliphatic heterocycles. The third-order valence-electron chi connectivity index (χ3n) is 4.95. The number of hydrogen-bond donors (Lipinski definition) is 1. The molecule has 0 radical (unpaired) electrons. The second-order valence-corrected chi connectivity index (χ2v) is 7.79. The summed E-state index contributed by atoms with van der Waals surface area (Å²) >= 11 is 0. The van der Waals surface area contributed by atoms with Crippen LogP contribution < -0.4 is 14.8 Å². The summed E-state index contributed by atoms with van der Waals surface area (Å²) in [5.74, 6) is -1.08. The van der Waals surface area contributed by atoms with E-state index < -0.39 is 24.3 Å². The zero-order valence-electron chi connectivity index (χ0n) is 21.1. The molecule has 0 saturated heterocycles. The normalized spacial score (nSPS) is 12.3. The van der Waals surface area contributed by atoms with E-state index in [1.165, 1.54) is 19.2 Å². The van der Waals surface area contributed by atoms with E-state index in [1.54, 1.807) is 26.8 Å². The Hall–Kier alpha value is -3.34. The fourth-order valence-corrected chi connectivity index (χ4v) is 2.72. The van der Waals surface area contributed by atoms with Crippen molar-refractivity contribution in [3.05, 3.63) is 23.8 Å². The summed E-state index contributed by atoms with van der Waals surface area (Å²) in [5, 5.41) is 3.00. The van der Waals surface area contributed by atoms with Gasteiger partial charge in [0.15, 0.2) is 11.5 Å². The van der Waals surface area contributed by atoms with Crippen LogP contribution in [0.5, 0.6) is 11.5 Å². The van der Waals surface area contributed by atoms with E-state index >= 15 is 0 Å². The minimum atomic E-state index is -0.988. The number of carbonyl (C=O) groups is 4. The highest BCUT2D eigenvalue weighted by molar-refractivity contribution is 5.76. The summed E-state index contributed by atoms with van der Waals surface area (Å²) in [6.45, 7) is 9.36. The van der Waals surface area contributed by atoms with Gasteiger partial charge in [-0.2, -0.15) is 0 Å². The van der Waals surface area contributed by atoms with Gasteiger partial charge in [0.2, 0.25) is 0 Å². The van der Waals surface area contributed by atoms with E-state index in [0.717, 1.165) is 0 Å². The molecule has 0 spiro atoms. The largest absolute Gasteiger partial charge is 0.513 e. The monoisotopic (exact) mass is 497 g/mol. The molecule has 2 atom stereocenters. The van der Waals surface area contributed by atoms with E-state index in [4.69, 9.17) is 28.4 Å². The van der Waals surface area contributed by atoms with Crippen LogP contribution in [0, 0.1) is 11.8 Å². The fraction of sp³-hybridized carbons (Fsp3) is 0.583. The Labute approximate surface area is 205 Å². The molecule has 1 N–H and O–H groups in total. The van der Waals surface area contributed by atoms with E-state index in [2.05, 4.69) is 5.32 Å². The molecule has 196 valence electrons. The van der Waals surface area contributed by atoms with Gasteiger partial charge < -0.3 is 33.7 Å². The lowest BCUT2D eigenvalue weighted by atomic mass is 9.99. The highest BCUT2D eigenvalue weighted by atomic mass is 16.7. The predicted octanol–water partition coefficient (Wildman–Crippen LogP) is 3.27. The molecule has 1 unspecified atom stereocenters. The lowest BCUT2D eigenvalue weighted by Gasteiger charge is -2.19. The van der Waals surface area contributed by atoms with Crippen molar-refractivity contribution in [3.8, 4) is 11.5 Å². The van der Waals surface area contributed by atoms with Crippen LogP contribution in [-0.2, 0) is 35.0 Å². The number of benzene rings is 1. The van der Waals surface area contributed by atoms with Crippen molar-refractivity contribution < 1.29 is 47.6 Å². The van der Waals surface area contributed by atoms with E-state index in [0.29, 0.717) is 5.56 Å². The van der Waals surface area contributed by atoms with Crippen molar-refractivity contribution in [1.29, 1.82) is 0 Å². The SMILES string of the molecule is CCOC(=O)Oc1ccc(C[C@H](NCCOC(=O)C(C)C(C)C)C(=O)OC)cc1OC(=O)OCC. The molecule has 11 nitrogen and oxygen atoms in total. The first kappa shape index (κ1) is 29.7. The molecule has 0 heterocycles. The van der Waals surface area contributed by atoms with E-state index in [1.807, 2.05) is 13.8 Å². The first-order chi connectivity index (χ1) is 16.6. The Balaban J connectivity index is 2.93. The lowest BCUT2D eigenvalue weighted by molar-refractivity contribution is -0.149. The van der Waals surface area contributed by atoms with Gasteiger partial charge in [0.05, 0.1) is 26.2 Å². The zero-order valence-corrected chi connectivity index (χ0v) is 21.1. The van der Waals surface area contributed by atoms with Crippen molar-refractivity contribution in [3.63, 3.8) is 0 Å². The van der Waals surface area contributed by atoms with Crippen LogP contribution in [0.25, 0.3) is 0 Å². The second-order valence-electron chi connectivity index (χ2n) is 7.79. The van der Waals surface area contributed by atoms with Crippen LogP contribution >= 0.6 is 0 Å². The van der Waals surface area contributed by atoms with Crippen LogP contribution in [0.2, 0.25) is 0 Å². The molecule has 1 aromatic rings. The van der Waals surface area contributed by atoms with Gasteiger partial charge in [0.25, 0.3) is 0 Å². The maximum Gasteiger partial charge on any atom is 0.513 e. The van der Waals surface area contributed by atoms with Crippen LogP contribution in [0.15, 0.2) is 18.2 Å². The Morgan fingerprint density at radius 1 is 0.857 bits per heavy atom. The predicted molar refractivity (Wildman–Crippen MR) is 124 cm³/mol. The molecular weight excluding hydrogens is 462 g/mol. The summed E-state index contributed by atoms with van der Waals surface area (Å²) in [4.78, 5) is 47.8. The first-order valence-corrected chi connectivity index (χ1v) is 11.4. The molecule has 0 aliphatic rings. The third-order valence-corrected chi connectivity index (χ3v) is 4.95. The molecule has 1 rings (SSSR count). The minimum Gasteiger partial charge on any atom is -0.468 e. The van der Waals surface area contributed by atoms with E-state index in [9.17, 15) is 19.2 Å². The minimum absolute atomic E-state index is 0.0611. The topological polar surface area (TPSA) is 136 Å². The van der Waals surface area contributed by atoms with Crippen LogP contribution in [0.4, 0.5) is 9.59 Å². The van der Waals surface area contributed by atoms with Crippen molar-refractivity contribution in [2.24, 2.45) is 11.8 Å². The Morgan fingerprint density at radius 3 is 2.00 bits per heavy atom. The fourth-order valence-electron chi connectivity index (χ4n) is 2.72. The van der Waals surface area contributed by atoms with Gasteiger partial charge in [-0.05, 0) is 43.9 Å². The van der Waals surface area contributed by atoms with Gasteiger partial charge in [0.1, 0.15) is 12.6 Å². The molecular formula is C24H35NO10. The Morgan fingerprint density at radius 2 is 1.46 bits per heavy atom. The third kappa shape index (κ3) is 10.6. The lowest BCUT2D eigenvalue weighted by Crippen LogP contribution is -2.41. The molecule has 0 saturated carbocycles. The smallest absolute Gasteiger partial charge is 0.468 e. The maximum absolute atomic E-state index is 12.3. The number of nitrogens with one attached hydrogen (secondary N) is 1. The first-order valence-electron chi connectivity index (χ1n) is 11.4. The molecule has 0 fully saturated rings. The van der Waals surface area contributed by atoms with Crippen molar-refractivity contribution in [2.75, 3.05) is 33.5 Å². The number of rotatable bonds is 13. The molecule has 0 bridgehead atoms. The van der Waals surface area contributed by atoms with Crippen LogP contribution in [0.1, 0.15) is 40.2 Å². The Kier molecular flexibility index (Phi) is 13.2. The highest BCUT2D eigenvalue weighted by Gasteiger charge is 2.23. The number of ether oxygens (including phenoxy) is 6. The summed E-state index contributed by atoms with van der Waals surface area (Å²) < 4.78 is 29.9. The number of carbonyl (C=O) groups excluding carboxylic acids is 4. The maximum atomic E-state index is 12.3. The molecule has 11 heteroatoms. The Bertz CT molecular complexity index is 855. The number of methoxy groups -OCH3 is 1. The average Bonchev–Trinajstić information content (AvgIpc) is 2.81. The van der Waals surface area contributed by atoms with Gasteiger partial charge in [0, 0.05) is 6.54 Å². The van der Waals surface area contributed by atoms with Gasteiger partial charge in [-0.3, -0.25) is 9.59 Å². The zero-order chi connectivity index (χ0) is 26.4. The van der Waals surface area contributed by atoms with Gasteiger partial charge >= 0.3 is 24.2 Å². The second kappa shape index (κ2) is 15.5. The number of esters is 2. The molecule has 0 amide bonds. The number of hydrogen-bond acceptors (Lipinski definition) is 11. The quantitative estimate of drug-likeness (QED) is 0.186. The highest BCUT2D eigenvalue weighted by Crippen LogP contribution is 2.30. The van der Waals surface area contributed by atoms with E-state index in [-0.39, 0.29) is 62.1 Å². The molecule has 0 aliphatic carbocycles. The van der Waals surface area contributed by atoms with Crippen molar-refractivity contribution in [2.45, 2.75) is 47.1 Å². The summed E-state index contributed by atoms with van der Waals surface area (Å²) in [6, 6.07) is 3.65. The molecule has 0 aromatic heterocycles. The summed E-state index contributed by atoms with van der Waals surface area (Å²) in [6.07, 6.45) is -1.81. The van der Waals surface area contributed by atoms with Gasteiger partial charge in [-0.15, -0.1) is 0 Å². The summed E-state index contributed by atoms with van der Waals surface area (Å²) in [7, 11) is 1.26. The van der Waals surface area contributed by atoms with Crippen molar-refractivity contribution >= 4 is 24.2 Å². The van der Waals surface area contributed by atoms with Crippen LogP contribution in [0.3, 0.4) is 0 Å². The van der Waals surface area contributed by atoms with Gasteiger partial charge in [-0.1, -0.05) is 26.8 Å². The van der Waals surface area contributed by atoms with Gasteiger partial charge in [-0.25, -0.2) is 9.59 Å².